The maximum atomic E-state index is 5.63. The lowest BCUT2D eigenvalue weighted by Gasteiger charge is -2.08. The van der Waals surface area contributed by atoms with Gasteiger partial charge in [0, 0.05) is 29.6 Å². The number of thiophene rings is 1. The summed E-state index contributed by atoms with van der Waals surface area (Å²) in [5, 5.41) is 2.63. The van der Waals surface area contributed by atoms with Crippen LogP contribution in [0.1, 0.15) is 0 Å². The first-order valence-electron chi connectivity index (χ1n) is 4.67. The molecule has 1 aromatic heterocycles. The van der Waals surface area contributed by atoms with Crippen LogP contribution in [0.25, 0.3) is 0 Å². The summed E-state index contributed by atoms with van der Waals surface area (Å²) in [6.45, 7) is 0. The highest BCUT2D eigenvalue weighted by Gasteiger charge is 2.04. The van der Waals surface area contributed by atoms with Crippen LogP contribution >= 0.6 is 11.3 Å². The maximum Gasteiger partial charge on any atom is 0.181 e. The summed E-state index contributed by atoms with van der Waals surface area (Å²) >= 11 is 1.49. The number of methoxy groups -OCH3 is 2. The maximum absolute atomic E-state index is 5.63. The van der Waals surface area contributed by atoms with Gasteiger partial charge in [-0.3, -0.25) is 0 Å². The van der Waals surface area contributed by atoms with Crippen LogP contribution in [0.3, 0.4) is 0 Å². The van der Waals surface area contributed by atoms with Crippen LogP contribution in [0.4, 0.5) is 0 Å². The van der Waals surface area contributed by atoms with E-state index in [-0.39, 0.29) is 0 Å². The molecule has 0 saturated heterocycles. The van der Waals surface area contributed by atoms with Crippen LogP contribution in [-0.4, -0.2) is 14.2 Å². The number of hydrogen-bond acceptors (Lipinski definition) is 4. The van der Waals surface area contributed by atoms with Gasteiger partial charge in [-0.25, -0.2) is 0 Å². The van der Waals surface area contributed by atoms with E-state index in [0.717, 1.165) is 5.06 Å². The van der Waals surface area contributed by atoms with E-state index in [0.29, 0.717) is 17.2 Å². The first-order valence-corrected chi connectivity index (χ1v) is 5.55. The summed E-state index contributed by atoms with van der Waals surface area (Å²) in [6.07, 6.45) is 0. The van der Waals surface area contributed by atoms with Crippen molar-refractivity contribution in [3.8, 4) is 22.3 Å². The third-order valence-electron chi connectivity index (χ3n) is 1.99. The molecule has 83 valence electrons. The fourth-order valence-corrected chi connectivity index (χ4v) is 1.77. The fraction of sp³-hybridized carbons (Fsp3) is 0.167. The minimum absolute atomic E-state index is 0.687. The molecule has 16 heavy (non-hydrogen) atoms. The first-order chi connectivity index (χ1) is 7.81. The topological polar surface area (TPSA) is 27.7 Å². The van der Waals surface area contributed by atoms with Crippen LogP contribution in [0.15, 0.2) is 29.6 Å². The van der Waals surface area contributed by atoms with Crippen LogP contribution < -0.4 is 14.2 Å². The predicted molar refractivity (Wildman–Crippen MR) is 62.8 cm³/mol. The molecule has 4 heteroatoms. The van der Waals surface area contributed by atoms with Gasteiger partial charge < -0.3 is 14.2 Å². The lowest BCUT2D eigenvalue weighted by atomic mass is 10.3. The molecule has 0 saturated carbocycles. The smallest absolute Gasteiger partial charge is 0.181 e. The predicted octanol–water partition coefficient (Wildman–Crippen LogP) is 3.36. The average molecular weight is 235 g/mol. The van der Waals surface area contributed by atoms with Crippen LogP contribution in [0.5, 0.6) is 22.3 Å². The Morgan fingerprint density at radius 3 is 2.12 bits per heavy atom. The monoisotopic (exact) mass is 235 g/mol. The number of rotatable bonds is 4. The van der Waals surface area contributed by atoms with Crippen LogP contribution in [0, 0.1) is 6.07 Å². The molecule has 0 atom stereocenters. The second-order valence-electron chi connectivity index (χ2n) is 3.02. The molecule has 0 spiro atoms. The van der Waals surface area contributed by atoms with E-state index in [9.17, 15) is 0 Å². The van der Waals surface area contributed by atoms with Crippen molar-refractivity contribution in [1.29, 1.82) is 0 Å². The van der Waals surface area contributed by atoms with E-state index in [2.05, 4.69) is 6.07 Å². The van der Waals surface area contributed by atoms with Crippen molar-refractivity contribution in [2.75, 3.05) is 14.2 Å². The molecule has 0 fully saturated rings. The molecule has 2 rings (SSSR count). The Hall–Kier alpha value is -1.68. The van der Waals surface area contributed by atoms with Crippen molar-refractivity contribution in [2.45, 2.75) is 0 Å². The molecule has 0 bridgehead atoms. The molecule has 0 aliphatic carbocycles. The zero-order valence-electron chi connectivity index (χ0n) is 9.02. The standard InChI is InChI=1S/C12H11O3S/c1-13-9-6-10(14-2)8-11(7-9)15-12-4-3-5-16-12/h4-8H,1-2H3. The van der Waals surface area contributed by atoms with Crippen molar-refractivity contribution in [3.63, 3.8) is 0 Å². The minimum Gasteiger partial charge on any atom is -0.496 e. The number of benzene rings is 1. The Balaban J connectivity index is 2.26. The van der Waals surface area contributed by atoms with E-state index in [1.54, 1.807) is 26.4 Å². The van der Waals surface area contributed by atoms with Gasteiger partial charge in [0.2, 0.25) is 0 Å². The lowest BCUT2D eigenvalue weighted by Crippen LogP contribution is -1.89. The summed E-state index contributed by atoms with van der Waals surface area (Å²) in [6, 6.07) is 10.1. The van der Waals surface area contributed by atoms with Crippen molar-refractivity contribution >= 4 is 11.3 Å². The lowest BCUT2D eigenvalue weighted by molar-refractivity contribution is 0.387. The van der Waals surface area contributed by atoms with E-state index in [1.807, 2.05) is 17.5 Å². The summed E-state index contributed by atoms with van der Waals surface area (Å²) in [5.41, 5.74) is 0. The van der Waals surface area contributed by atoms with Gasteiger partial charge in [-0.1, -0.05) is 0 Å². The number of ether oxygens (including phenoxy) is 3. The normalized spacial score (nSPS) is 9.88. The van der Waals surface area contributed by atoms with Gasteiger partial charge in [-0.05, 0) is 6.07 Å². The second kappa shape index (κ2) is 4.90. The van der Waals surface area contributed by atoms with Crippen molar-refractivity contribution < 1.29 is 14.2 Å². The van der Waals surface area contributed by atoms with Crippen LogP contribution in [0.2, 0.25) is 0 Å². The summed E-state index contributed by atoms with van der Waals surface area (Å²) in [7, 11) is 3.22. The Kier molecular flexibility index (Phi) is 3.31. The minimum atomic E-state index is 0.687. The van der Waals surface area contributed by atoms with Gasteiger partial charge in [0.25, 0.3) is 0 Å². The molecule has 3 nitrogen and oxygen atoms in total. The highest BCUT2D eigenvalue weighted by molar-refractivity contribution is 7.11. The molecule has 2 aromatic rings. The van der Waals surface area contributed by atoms with Gasteiger partial charge in [0.1, 0.15) is 17.2 Å². The molecule has 0 aliphatic heterocycles. The van der Waals surface area contributed by atoms with Crippen molar-refractivity contribution in [1.82, 2.24) is 0 Å². The van der Waals surface area contributed by atoms with E-state index >= 15 is 0 Å². The largest absolute Gasteiger partial charge is 0.496 e. The first kappa shape index (κ1) is 10.8. The molecule has 0 unspecified atom stereocenters. The van der Waals surface area contributed by atoms with Crippen LogP contribution in [-0.2, 0) is 0 Å². The molecule has 1 heterocycles. The van der Waals surface area contributed by atoms with E-state index in [4.69, 9.17) is 14.2 Å². The molecular weight excluding hydrogens is 224 g/mol. The Morgan fingerprint density at radius 1 is 1.00 bits per heavy atom. The van der Waals surface area contributed by atoms with Gasteiger partial charge in [-0.2, -0.15) is 0 Å². The molecular formula is C12H11O3S. The molecule has 1 aromatic carbocycles. The number of hydrogen-bond donors (Lipinski definition) is 0. The fourth-order valence-electron chi connectivity index (χ4n) is 1.24. The van der Waals surface area contributed by atoms with Gasteiger partial charge in [0.15, 0.2) is 5.06 Å². The molecule has 0 aliphatic rings. The average Bonchev–Trinajstić information content (AvgIpc) is 2.81. The zero-order chi connectivity index (χ0) is 11.4. The van der Waals surface area contributed by atoms with E-state index in [1.165, 1.54) is 11.3 Å². The van der Waals surface area contributed by atoms with Crippen molar-refractivity contribution in [2.24, 2.45) is 0 Å². The van der Waals surface area contributed by atoms with Gasteiger partial charge >= 0.3 is 0 Å². The third-order valence-corrected chi connectivity index (χ3v) is 2.68. The molecule has 0 amide bonds. The highest BCUT2D eigenvalue weighted by Crippen LogP contribution is 2.32. The quantitative estimate of drug-likeness (QED) is 0.813. The third kappa shape index (κ3) is 2.46. The zero-order valence-corrected chi connectivity index (χ0v) is 9.84. The summed E-state index contributed by atoms with van der Waals surface area (Å²) < 4.78 is 15.9. The van der Waals surface area contributed by atoms with Gasteiger partial charge in [-0.15, -0.1) is 11.3 Å². The second-order valence-corrected chi connectivity index (χ2v) is 3.89. The molecule has 0 N–H and O–H groups in total. The van der Waals surface area contributed by atoms with E-state index < -0.39 is 0 Å². The highest BCUT2D eigenvalue weighted by atomic mass is 32.1. The van der Waals surface area contributed by atoms with Crippen molar-refractivity contribution in [3.05, 3.63) is 35.7 Å². The Bertz CT molecular complexity index is 429. The SMILES string of the molecule is COc1cc(OC)cc(Oc2c[c]cs2)c1. The Morgan fingerprint density at radius 2 is 1.62 bits per heavy atom. The van der Waals surface area contributed by atoms with Gasteiger partial charge in [0.05, 0.1) is 14.2 Å². The molecule has 1 radical (unpaired) electrons. The Labute approximate surface area is 98.2 Å². The summed E-state index contributed by atoms with van der Waals surface area (Å²) in [5.74, 6) is 2.09. The summed E-state index contributed by atoms with van der Waals surface area (Å²) in [4.78, 5) is 0.